The summed E-state index contributed by atoms with van der Waals surface area (Å²) < 4.78 is 53.7. The number of halogens is 5. The van der Waals surface area contributed by atoms with E-state index in [-0.39, 0.29) is 11.4 Å². The van der Waals surface area contributed by atoms with E-state index in [1.807, 2.05) is 22.6 Å². The van der Waals surface area contributed by atoms with Gasteiger partial charge in [-0.2, -0.15) is 0 Å². The predicted octanol–water partition coefficient (Wildman–Crippen LogP) is 4.17. The minimum absolute atomic E-state index is 0.0861. The number of nitrogens with one attached hydrogen (secondary N) is 1. The molecule has 0 heterocycles. The number of hydrogen-bond donors (Lipinski definition) is 2. The van der Waals surface area contributed by atoms with Crippen LogP contribution in [0.3, 0.4) is 0 Å². The van der Waals surface area contributed by atoms with Gasteiger partial charge in [-0.1, -0.05) is 0 Å². The van der Waals surface area contributed by atoms with Gasteiger partial charge in [-0.05, 0) is 40.8 Å². The molecular formula is C12H7F4IN2. The van der Waals surface area contributed by atoms with Crippen molar-refractivity contribution in [3.8, 4) is 0 Å². The Balaban J connectivity index is 2.47. The summed E-state index contributed by atoms with van der Waals surface area (Å²) in [6.45, 7) is 0. The fraction of sp³-hybridized carbons (Fsp3) is 0. The van der Waals surface area contributed by atoms with Gasteiger partial charge in [-0.3, -0.25) is 0 Å². The fourth-order valence-electron chi connectivity index (χ4n) is 1.47. The topological polar surface area (TPSA) is 38.0 Å². The van der Waals surface area contributed by atoms with E-state index in [4.69, 9.17) is 5.73 Å². The molecule has 2 aromatic rings. The van der Waals surface area contributed by atoms with Gasteiger partial charge in [0.1, 0.15) is 11.5 Å². The van der Waals surface area contributed by atoms with Crippen LogP contribution in [0.2, 0.25) is 0 Å². The molecule has 0 unspecified atom stereocenters. The molecule has 3 N–H and O–H groups in total. The number of nitrogens with two attached hydrogens (primary N) is 1. The van der Waals surface area contributed by atoms with Gasteiger partial charge < -0.3 is 11.1 Å². The van der Waals surface area contributed by atoms with Crippen molar-refractivity contribution in [3.05, 3.63) is 51.1 Å². The SMILES string of the molecule is Nc1cc(F)c(F)c(F)c1Nc1ccc(I)cc1F. The van der Waals surface area contributed by atoms with Crippen molar-refractivity contribution in [1.29, 1.82) is 0 Å². The molecule has 0 atom stereocenters. The number of anilines is 3. The second-order valence-electron chi connectivity index (χ2n) is 3.70. The maximum Gasteiger partial charge on any atom is 0.196 e. The minimum atomic E-state index is -1.66. The van der Waals surface area contributed by atoms with Crippen molar-refractivity contribution in [3.63, 3.8) is 0 Å². The molecule has 0 aliphatic carbocycles. The second-order valence-corrected chi connectivity index (χ2v) is 4.95. The van der Waals surface area contributed by atoms with E-state index in [1.54, 1.807) is 6.07 Å². The molecule has 2 aromatic carbocycles. The molecule has 0 spiro atoms. The zero-order valence-electron chi connectivity index (χ0n) is 9.28. The first kappa shape index (κ1) is 13.9. The van der Waals surface area contributed by atoms with Crippen LogP contribution in [-0.4, -0.2) is 0 Å². The van der Waals surface area contributed by atoms with Crippen LogP contribution < -0.4 is 11.1 Å². The van der Waals surface area contributed by atoms with Crippen LogP contribution in [0.4, 0.5) is 34.6 Å². The van der Waals surface area contributed by atoms with E-state index < -0.39 is 29.0 Å². The highest BCUT2D eigenvalue weighted by molar-refractivity contribution is 14.1. The first-order valence-corrected chi connectivity index (χ1v) is 6.13. The van der Waals surface area contributed by atoms with Gasteiger partial charge in [0.2, 0.25) is 0 Å². The van der Waals surface area contributed by atoms with Gasteiger partial charge in [0.25, 0.3) is 0 Å². The molecule has 0 bridgehead atoms. The Morgan fingerprint density at radius 3 is 2.26 bits per heavy atom. The summed E-state index contributed by atoms with van der Waals surface area (Å²) in [6, 6.07) is 4.75. The summed E-state index contributed by atoms with van der Waals surface area (Å²) in [5.41, 5.74) is 4.45. The molecule has 2 rings (SSSR count). The van der Waals surface area contributed by atoms with E-state index in [2.05, 4.69) is 5.32 Å². The van der Waals surface area contributed by atoms with Gasteiger partial charge in [0.15, 0.2) is 17.5 Å². The van der Waals surface area contributed by atoms with Crippen molar-refractivity contribution in [2.75, 3.05) is 11.1 Å². The molecular weight excluding hydrogens is 375 g/mol. The molecule has 0 aliphatic heterocycles. The smallest absolute Gasteiger partial charge is 0.196 e. The van der Waals surface area contributed by atoms with Crippen molar-refractivity contribution >= 4 is 39.7 Å². The van der Waals surface area contributed by atoms with Crippen LogP contribution >= 0.6 is 22.6 Å². The first-order chi connectivity index (χ1) is 8.90. The Morgan fingerprint density at radius 1 is 0.947 bits per heavy atom. The Labute approximate surface area is 119 Å². The normalized spacial score (nSPS) is 10.6. The Bertz CT molecular complexity index is 646. The van der Waals surface area contributed by atoms with Crippen LogP contribution in [0.1, 0.15) is 0 Å². The minimum Gasteiger partial charge on any atom is -0.397 e. The van der Waals surface area contributed by atoms with Gasteiger partial charge in [-0.25, -0.2) is 17.6 Å². The van der Waals surface area contributed by atoms with Gasteiger partial charge in [0, 0.05) is 9.64 Å². The van der Waals surface area contributed by atoms with Crippen LogP contribution in [0.25, 0.3) is 0 Å². The van der Waals surface area contributed by atoms with Crippen LogP contribution in [0, 0.1) is 26.8 Å². The zero-order chi connectivity index (χ0) is 14.2. The number of nitrogen functional groups attached to an aromatic ring is 1. The molecule has 19 heavy (non-hydrogen) atoms. The highest BCUT2D eigenvalue weighted by atomic mass is 127. The summed E-state index contributed by atoms with van der Waals surface area (Å²) in [7, 11) is 0. The second kappa shape index (κ2) is 5.24. The van der Waals surface area contributed by atoms with Crippen LogP contribution in [0.15, 0.2) is 24.3 Å². The van der Waals surface area contributed by atoms with Crippen molar-refractivity contribution in [2.45, 2.75) is 0 Å². The van der Waals surface area contributed by atoms with E-state index in [1.165, 1.54) is 12.1 Å². The van der Waals surface area contributed by atoms with Gasteiger partial charge in [-0.15, -0.1) is 0 Å². The third-order valence-electron chi connectivity index (χ3n) is 2.38. The molecule has 0 saturated heterocycles. The zero-order valence-corrected chi connectivity index (χ0v) is 11.4. The third kappa shape index (κ3) is 2.75. The van der Waals surface area contributed by atoms with Crippen molar-refractivity contribution in [2.24, 2.45) is 0 Å². The highest BCUT2D eigenvalue weighted by Gasteiger charge is 2.18. The quantitative estimate of drug-likeness (QED) is 0.354. The molecule has 0 fully saturated rings. The molecule has 0 saturated carbocycles. The molecule has 0 aromatic heterocycles. The van der Waals surface area contributed by atoms with E-state index in [9.17, 15) is 17.6 Å². The Hall–Kier alpha value is -1.51. The van der Waals surface area contributed by atoms with Crippen LogP contribution in [0.5, 0.6) is 0 Å². The lowest BCUT2D eigenvalue weighted by Gasteiger charge is -2.12. The summed E-state index contributed by atoms with van der Waals surface area (Å²) >= 11 is 1.90. The average molecular weight is 382 g/mol. The van der Waals surface area contributed by atoms with E-state index >= 15 is 0 Å². The number of rotatable bonds is 2. The van der Waals surface area contributed by atoms with E-state index in [0.29, 0.717) is 9.64 Å². The fourth-order valence-corrected chi connectivity index (χ4v) is 1.92. The lowest BCUT2D eigenvalue weighted by Crippen LogP contribution is -2.05. The Kier molecular flexibility index (Phi) is 3.83. The first-order valence-electron chi connectivity index (χ1n) is 5.05. The lowest BCUT2D eigenvalue weighted by atomic mass is 10.2. The van der Waals surface area contributed by atoms with E-state index in [0.717, 1.165) is 0 Å². The predicted molar refractivity (Wildman–Crippen MR) is 73.1 cm³/mol. The molecule has 100 valence electrons. The van der Waals surface area contributed by atoms with Gasteiger partial charge in [0.05, 0.1) is 11.4 Å². The maximum atomic E-state index is 13.6. The summed E-state index contributed by atoms with van der Waals surface area (Å²) in [5, 5.41) is 2.32. The van der Waals surface area contributed by atoms with Gasteiger partial charge >= 0.3 is 0 Å². The molecule has 0 amide bonds. The molecule has 2 nitrogen and oxygen atoms in total. The number of benzene rings is 2. The average Bonchev–Trinajstić information content (AvgIpc) is 2.34. The molecule has 0 aliphatic rings. The lowest BCUT2D eigenvalue weighted by molar-refractivity contribution is 0.450. The van der Waals surface area contributed by atoms with Crippen molar-refractivity contribution in [1.82, 2.24) is 0 Å². The number of hydrogen-bond acceptors (Lipinski definition) is 2. The summed E-state index contributed by atoms with van der Waals surface area (Å²) in [4.78, 5) is 0. The molecule has 7 heteroatoms. The molecule has 0 radical (unpaired) electrons. The van der Waals surface area contributed by atoms with Crippen LogP contribution in [-0.2, 0) is 0 Å². The largest absolute Gasteiger partial charge is 0.397 e. The summed E-state index contributed by atoms with van der Waals surface area (Å²) in [5.74, 6) is -5.21. The monoisotopic (exact) mass is 382 g/mol. The maximum absolute atomic E-state index is 13.6. The standard InChI is InChI=1S/C12H7F4IN2/c13-6-3-5(17)1-2-9(6)19-12-8(18)4-7(14)10(15)11(12)16/h1-4,19H,18H2. The third-order valence-corrected chi connectivity index (χ3v) is 3.05. The summed E-state index contributed by atoms with van der Waals surface area (Å²) in [6.07, 6.45) is 0. The highest BCUT2D eigenvalue weighted by Crippen LogP contribution is 2.31. The Morgan fingerprint density at radius 2 is 1.63 bits per heavy atom. The van der Waals surface area contributed by atoms with Crippen molar-refractivity contribution < 1.29 is 17.6 Å².